The molecular formula is C87H170O17P2. The van der Waals surface area contributed by atoms with Gasteiger partial charge < -0.3 is 33.8 Å². The fraction of sp³-hybridized carbons (Fsp3) is 0.954. The average molecular weight is 1550 g/mol. The maximum atomic E-state index is 13.2. The minimum Gasteiger partial charge on any atom is -0.462 e. The second-order valence-electron chi connectivity index (χ2n) is 31.5. The van der Waals surface area contributed by atoms with Crippen molar-refractivity contribution in [2.24, 2.45) is 5.92 Å². The van der Waals surface area contributed by atoms with E-state index in [0.29, 0.717) is 25.7 Å². The van der Waals surface area contributed by atoms with Gasteiger partial charge in [0.05, 0.1) is 26.4 Å². The smallest absolute Gasteiger partial charge is 0.462 e. The lowest BCUT2D eigenvalue weighted by Crippen LogP contribution is -2.30. The molecule has 0 spiro atoms. The van der Waals surface area contributed by atoms with Crippen molar-refractivity contribution in [3.63, 3.8) is 0 Å². The van der Waals surface area contributed by atoms with Crippen molar-refractivity contribution in [2.75, 3.05) is 39.6 Å². The molecule has 0 aliphatic heterocycles. The standard InChI is InChI=1S/C87H170O17P2/c1-6-10-13-16-19-22-25-27-29-33-38-42-46-51-56-61-66-71-85(90)98-77-83(104-87(92)73-68-63-58-53-48-44-40-36-32-31-35-37-41-45-49-54-59-64-69-80(5)9-4)79-102-106(95,96)100-75-81(88)74-99-105(93,94)101-78-82(76-97-84(89)70-65-60-55-50-24-21-18-15-12-8-3)103-86(91)72-67-62-57-52-47-43-39-34-30-28-26-23-20-17-14-11-7-2/h80-83,88H,6-79H2,1-5H3,(H,93,94)(H,95,96)/t80?,81-,82+,83+/m0/s1. The Balaban J connectivity index is 5.22. The molecule has 0 radical (unpaired) electrons. The van der Waals surface area contributed by atoms with Crippen LogP contribution in [0.25, 0.3) is 0 Å². The van der Waals surface area contributed by atoms with Gasteiger partial charge in [0, 0.05) is 25.7 Å². The van der Waals surface area contributed by atoms with E-state index in [4.69, 9.17) is 37.0 Å². The molecule has 0 amide bonds. The van der Waals surface area contributed by atoms with Crippen molar-refractivity contribution in [2.45, 2.75) is 490 Å². The number of carbonyl (C=O) groups is 4. The fourth-order valence-electron chi connectivity index (χ4n) is 13.6. The van der Waals surface area contributed by atoms with E-state index in [2.05, 4.69) is 34.6 Å². The molecule has 0 heterocycles. The first-order valence-corrected chi connectivity index (χ1v) is 48.2. The first-order valence-electron chi connectivity index (χ1n) is 45.2. The van der Waals surface area contributed by atoms with E-state index in [1.54, 1.807) is 0 Å². The predicted molar refractivity (Wildman–Crippen MR) is 437 cm³/mol. The Labute approximate surface area is 651 Å². The zero-order valence-electron chi connectivity index (χ0n) is 69.6. The van der Waals surface area contributed by atoms with Crippen LogP contribution >= 0.6 is 15.6 Å². The van der Waals surface area contributed by atoms with Crippen molar-refractivity contribution in [1.82, 2.24) is 0 Å². The molecule has 17 nitrogen and oxygen atoms in total. The molecule has 0 rings (SSSR count). The summed E-state index contributed by atoms with van der Waals surface area (Å²) < 4.78 is 68.9. The van der Waals surface area contributed by atoms with Gasteiger partial charge in [0.25, 0.3) is 0 Å². The molecule has 630 valence electrons. The Morgan fingerprint density at radius 1 is 0.264 bits per heavy atom. The third-order valence-electron chi connectivity index (χ3n) is 20.9. The molecule has 19 heteroatoms. The van der Waals surface area contributed by atoms with Gasteiger partial charge in [-0.05, 0) is 31.6 Å². The molecule has 0 aliphatic carbocycles. The lowest BCUT2D eigenvalue weighted by Gasteiger charge is -2.21. The van der Waals surface area contributed by atoms with E-state index >= 15 is 0 Å². The first kappa shape index (κ1) is 104. The summed E-state index contributed by atoms with van der Waals surface area (Å²) in [5, 5.41) is 10.7. The monoisotopic (exact) mass is 1550 g/mol. The highest BCUT2D eigenvalue weighted by molar-refractivity contribution is 7.47. The maximum Gasteiger partial charge on any atom is 0.472 e. The van der Waals surface area contributed by atoms with Crippen LogP contribution < -0.4 is 0 Å². The van der Waals surface area contributed by atoms with Crippen LogP contribution in [0.1, 0.15) is 471 Å². The molecule has 0 saturated heterocycles. The quantitative estimate of drug-likeness (QED) is 0.0222. The van der Waals surface area contributed by atoms with E-state index in [-0.39, 0.29) is 25.7 Å². The Morgan fingerprint density at radius 2 is 0.453 bits per heavy atom. The minimum atomic E-state index is -4.97. The van der Waals surface area contributed by atoms with Gasteiger partial charge in [0.1, 0.15) is 19.3 Å². The molecule has 0 aromatic carbocycles. The van der Waals surface area contributed by atoms with Crippen molar-refractivity contribution in [3.05, 3.63) is 0 Å². The van der Waals surface area contributed by atoms with Gasteiger partial charge >= 0.3 is 39.5 Å². The van der Waals surface area contributed by atoms with Crippen molar-refractivity contribution < 1.29 is 80.2 Å². The zero-order valence-corrected chi connectivity index (χ0v) is 71.4. The van der Waals surface area contributed by atoms with Crippen molar-refractivity contribution >= 4 is 39.5 Å². The van der Waals surface area contributed by atoms with Gasteiger partial charge in [-0.25, -0.2) is 9.13 Å². The zero-order chi connectivity index (χ0) is 77.6. The van der Waals surface area contributed by atoms with Crippen LogP contribution in [0.4, 0.5) is 0 Å². The number of ether oxygens (including phenoxy) is 4. The van der Waals surface area contributed by atoms with E-state index in [1.165, 1.54) is 295 Å². The lowest BCUT2D eigenvalue weighted by atomic mass is 9.99. The van der Waals surface area contributed by atoms with Gasteiger partial charge in [0.2, 0.25) is 0 Å². The summed E-state index contributed by atoms with van der Waals surface area (Å²) in [5.74, 6) is -1.23. The van der Waals surface area contributed by atoms with E-state index < -0.39 is 97.5 Å². The molecule has 0 aromatic heterocycles. The Kier molecular flexibility index (Phi) is 78.2. The molecule has 3 N–H and O–H groups in total. The van der Waals surface area contributed by atoms with Gasteiger partial charge in [-0.15, -0.1) is 0 Å². The molecule has 106 heavy (non-hydrogen) atoms. The number of carbonyl (C=O) groups excluding carboxylic acids is 4. The highest BCUT2D eigenvalue weighted by Gasteiger charge is 2.30. The third kappa shape index (κ3) is 78.7. The highest BCUT2D eigenvalue weighted by atomic mass is 31.2. The molecular weight excluding hydrogens is 1380 g/mol. The number of unbranched alkanes of at least 4 members (excludes halogenated alkanes) is 58. The molecule has 3 unspecified atom stereocenters. The van der Waals surface area contributed by atoms with Gasteiger partial charge in [-0.2, -0.15) is 0 Å². The summed E-state index contributed by atoms with van der Waals surface area (Å²) in [4.78, 5) is 73.2. The number of rotatable bonds is 87. The molecule has 6 atom stereocenters. The lowest BCUT2D eigenvalue weighted by molar-refractivity contribution is -0.161. The molecule has 0 aliphatic rings. The number of phosphoric acid groups is 2. The number of hydrogen-bond acceptors (Lipinski definition) is 15. The number of hydrogen-bond donors (Lipinski definition) is 3. The van der Waals surface area contributed by atoms with E-state index in [0.717, 1.165) is 95.8 Å². The largest absolute Gasteiger partial charge is 0.472 e. The number of esters is 4. The minimum absolute atomic E-state index is 0.109. The SMILES string of the molecule is CCCCCCCCCCCCCCCCCCCC(=O)OC[C@H](COP(=O)(O)OC[C@@H](O)COP(=O)(O)OC[C@@H](COC(=O)CCCCCCCCCCCC)OC(=O)CCCCCCCCCCCCCCCCCCC)OC(=O)CCCCCCCCCCCCCCCCCCCCC(C)CC. The summed E-state index contributed by atoms with van der Waals surface area (Å²) in [6, 6.07) is 0. The normalized spacial score (nSPS) is 14.0. The third-order valence-corrected chi connectivity index (χ3v) is 22.8. The van der Waals surface area contributed by atoms with Crippen molar-refractivity contribution in [3.8, 4) is 0 Å². The van der Waals surface area contributed by atoms with Crippen LogP contribution in [0.3, 0.4) is 0 Å². The van der Waals surface area contributed by atoms with E-state index in [9.17, 15) is 43.2 Å². The van der Waals surface area contributed by atoms with Crippen LogP contribution in [0.5, 0.6) is 0 Å². The molecule has 0 saturated carbocycles. The Hall–Kier alpha value is -1.94. The average Bonchev–Trinajstić information content (AvgIpc) is 0.901. The summed E-state index contributed by atoms with van der Waals surface area (Å²) in [7, 11) is -9.93. The predicted octanol–water partition coefficient (Wildman–Crippen LogP) is 26.8. The molecule has 0 bridgehead atoms. The van der Waals surface area contributed by atoms with Crippen LogP contribution in [0, 0.1) is 5.92 Å². The summed E-state index contributed by atoms with van der Waals surface area (Å²) in [5.41, 5.74) is 0. The van der Waals surface area contributed by atoms with Crippen LogP contribution in [-0.2, 0) is 65.4 Å². The topological polar surface area (TPSA) is 237 Å². The van der Waals surface area contributed by atoms with Gasteiger partial charge in [0.15, 0.2) is 12.2 Å². The number of aliphatic hydroxyl groups is 1. The van der Waals surface area contributed by atoms with Crippen LogP contribution in [0.15, 0.2) is 0 Å². The van der Waals surface area contributed by atoms with Crippen LogP contribution in [-0.4, -0.2) is 96.7 Å². The van der Waals surface area contributed by atoms with Crippen molar-refractivity contribution in [1.29, 1.82) is 0 Å². The summed E-state index contributed by atoms with van der Waals surface area (Å²) >= 11 is 0. The Morgan fingerprint density at radius 3 is 0.670 bits per heavy atom. The van der Waals surface area contributed by atoms with Gasteiger partial charge in [-0.3, -0.25) is 37.3 Å². The Bertz CT molecular complexity index is 2020. The highest BCUT2D eigenvalue weighted by Crippen LogP contribution is 2.45. The summed E-state index contributed by atoms with van der Waals surface area (Å²) in [6.07, 6.45) is 73.5. The summed E-state index contributed by atoms with van der Waals surface area (Å²) in [6.45, 7) is 7.44. The molecule has 0 aromatic rings. The van der Waals surface area contributed by atoms with Gasteiger partial charge in [-0.1, -0.05) is 420 Å². The second kappa shape index (κ2) is 79.7. The molecule has 0 fully saturated rings. The van der Waals surface area contributed by atoms with Crippen LogP contribution in [0.2, 0.25) is 0 Å². The van der Waals surface area contributed by atoms with E-state index in [1.807, 2.05) is 0 Å². The fourth-order valence-corrected chi connectivity index (χ4v) is 15.2. The maximum absolute atomic E-state index is 13.2. The second-order valence-corrected chi connectivity index (χ2v) is 34.4. The number of aliphatic hydroxyl groups excluding tert-OH is 1. The first-order chi connectivity index (χ1) is 51.6. The number of phosphoric ester groups is 2.